The van der Waals surface area contributed by atoms with Gasteiger partial charge in [-0.15, -0.1) is 0 Å². The van der Waals surface area contributed by atoms with E-state index in [9.17, 15) is 14.0 Å². The molecule has 2 aromatic carbocycles. The molecule has 0 atom stereocenters. The highest BCUT2D eigenvalue weighted by atomic mass is 19.1. The number of nitrogens with one attached hydrogen (secondary N) is 1. The molecule has 1 saturated heterocycles. The van der Waals surface area contributed by atoms with Crippen LogP contribution in [-0.2, 0) is 0 Å². The van der Waals surface area contributed by atoms with Crippen LogP contribution in [0.2, 0.25) is 0 Å². The number of carbonyl (C=O) groups excluding carboxylic acids is 1. The van der Waals surface area contributed by atoms with Gasteiger partial charge in [0.05, 0.1) is 5.52 Å². The Balaban J connectivity index is 1.48. The molecule has 1 aliphatic rings. The molecule has 0 unspecified atom stereocenters. The summed E-state index contributed by atoms with van der Waals surface area (Å²) in [6, 6.07) is 13.4. The van der Waals surface area contributed by atoms with Crippen LogP contribution < -0.4 is 16.2 Å². The molecule has 1 aliphatic heterocycles. The quantitative estimate of drug-likeness (QED) is 0.501. The van der Waals surface area contributed by atoms with E-state index >= 15 is 0 Å². The van der Waals surface area contributed by atoms with Gasteiger partial charge in [0, 0.05) is 43.5 Å². The standard InChI is InChI=1S/C23H22FN7O2/c1-14-3-2-4-17(24)22(14)31-19(32)13-18-21(28-31)20(27-26-18)15-5-7-16(8-6-15)29-9-11-30(12-10-29)23(25)33/h2-8,13,26H,9-12H2,1H3,(H2,25,33). The summed E-state index contributed by atoms with van der Waals surface area (Å²) in [4.78, 5) is 27.8. The molecule has 9 nitrogen and oxygen atoms in total. The number of rotatable bonds is 3. The zero-order valence-corrected chi connectivity index (χ0v) is 18.0. The Hall–Kier alpha value is -4.21. The number of carbonyl (C=O) groups is 1. The van der Waals surface area contributed by atoms with Gasteiger partial charge in [0.2, 0.25) is 0 Å². The Morgan fingerprint density at radius 2 is 1.82 bits per heavy atom. The Kier molecular flexibility index (Phi) is 5.04. The number of para-hydroxylation sites is 1. The Morgan fingerprint density at radius 3 is 2.48 bits per heavy atom. The topological polar surface area (TPSA) is 113 Å². The van der Waals surface area contributed by atoms with Crippen LogP contribution in [0.15, 0.2) is 53.3 Å². The van der Waals surface area contributed by atoms with Gasteiger partial charge in [-0.3, -0.25) is 9.89 Å². The first kappa shape index (κ1) is 20.7. The van der Waals surface area contributed by atoms with E-state index in [4.69, 9.17) is 5.73 Å². The third kappa shape index (κ3) is 3.69. The Morgan fingerprint density at radius 1 is 1.09 bits per heavy atom. The molecule has 5 rings (SSSR count). The summed E-state index contributed by atoms with van der Waals surface area (Å²) in [5, 5.41) is 11.7. The van der Waals surface area contributed by atoms with Crippen LogP contribution in [0, 0.1) is 12.7 Å². The van der Waals surface area contributed by atoms with Gasteiger partial charge in [-0.05, 0) is 30.7 Å². The highest BCUT2D eigenvalue weighted by molar-refractivity contribution is 5.89. The number of nitrogens with zero attached hydrogens (tertiary/aromatic N) is 5. The van der Waals surface area contributed by atoms with Crippen molar-refractivity contribution in [3.05, 3.63) is 70.3 Å². The maximum Gasteiger partial charge on any atom is 0.314 e. The van der Waals surface area contributed by atoms with Crippen molar-refractivity contribution in [3.8, 4) is 16.9 Å². The lowest BCUT2D eigenvalue weighted by Crippen LogP contribution is -2.50. The number of urea groups is 1. The molecule has 0 bridgehead atoms. The monoisotopic (exact) mass is 447 g/mol. The van der Waals surface area contributed by atoms with Gasteiger partial charge in [-0.1, -0.05) is 24.3 Å². The Labute approximate surface area is 188 Å². The molecule has 4 aromatic rings. The van der Waals surface area contributed by atoms with Gasteiger partial charge < -0.3 is 15.5 Å². The second kappa shape index (κ2) is 8.05. The van der Waals surface area contributed by atoms with Crippen LogP contribution in [0.1, 0.15) is 5.56 Å². The van der Waals surface area contributed by atoms with Crippen molar-refractivity contribution in [2.45, 2.75) is 6.92 Å². The van der Waals surface area contributed by atoms with E-state index in [0.717, 1.165) is 15.9 Å². The average molecular weight is 447 g/mol. The zero-order chi connectivity index (χ0) is 23.1. The fourth-order valence-corrected chi connectivity index (χ4v) is 4.15. The molecule has 33 heavy (non-hydrogen) atoms. The van der Waals surface area contributed by atoms with Crippen molar-refractivity contribution < 1.29 is 9.18 Å². The van der Waals surface area contributed by atoms with Crippen LogP contribution in [0.3, 0.4) is 0 Å². The first-order chi connectivity index (χ1) is 15.9. The summed E-state index contributed by atoms with van der Waals surface area (Å²) in [6.07, 6.45) is 0. The maximum absolute atomic E-state index is 14.5. The number of piperazine rings is 1. The van der Waals surface area contributed by atoms with Gasteiger partial charge in [0.1, 0.15) is 22.7 Å². The first-order valence-corrected chi connectivity index (χ1v) is 10.6. The minimum Gasteiger partial charge on any atom is -0.368 e. The summed E-state index contributed by atoms with van der Waals surface area (Å²) in [5.41, 5.74) is 8.99. The van der Waals surface area contributed by atoms with Crippen molar-refractivity contribution in [2.24, 2.45) is 5.73 Å². The fraction of sp³-hybridized carbons (Fsp3) is 0.217. The molecule has 0 saturated carbocycles. The predicted octanol–water partition coefficient (Wildman–Crippen LogP) is 2.42. The number of fused-ring (bicyclic) bond motifs is 1. The molecule has 3 heterocycles. The number of nitrogens with two attached hydrogens (primary N) is 1. The molecule has 0 spiro atoms. The average Bonchev–Trinajstić information content (AvgIpc) is 3.22. The zero-order valence-electron chi connectivity index (χ0n) is 18.0. The Bertz CT molecular complexity index is 1380. The van der Waals surface area contributed by atoms with E-state index in [0.29, 0.717) is 48.5 Å². The molecule has 0 radical (unpaired) electrons. The van der Waals surface area contributed by atoms with Gasteiger partial charge >= 0.3 is 6.03 Å². The number of hydrogen-bond acceptors (Lipinski definition) is 5. The molecular formula is C23H22FN7O2. The molecule has 3 N–H and O–H groups in total. The minimum absolute atomic E-state index is 0.127. The van der Waals surface area contributed by atoms with Gasteiger partial charge in [0.15, 0.2) is 0 Å². The number of primary amides is 1. The molecule has 10 heteroatoms. The van der Waals surface area contributed by atoms with Crippen molar-refractivity contribution in [1.29, 1.82) is 0 Å². The molecule has 2 amide bonds. The SMILES string of the molecule is Cc1cccc(F)c1-n1nc2c(-c3ccc(N4CCN(C(N)=O)CC4)cc3)n[nH]c2cc1=O. The highest BCUT2D eigenvalue weighted by Gasteiger charge is 2.20. The summed E-state index contributed by atoms with van der Waals surface area (Å²) < 4.78 is 15.6. The van der Waals surface area contributed by atoms with Crippen molar-refractivity contribution >= 4 is 22.8 Å². The highest BCUT2D eigenvalue weighted by Crippen LogP contribution is 2.27. The minimum atomic E-state index is -0.519. The molecule has 2 aromatic heterocycles. The van der Waals surface area contributed by atoms with Crippen LogP contribution in [0.25, 0.3) is 28.0 Å². The number of aromatic nitrogens is 4. The second-order valence-corrected chi connectivity index (χ2v) is 7.99. The lowest BCUT2D eigenvalue weighted by atomic mass is 10.1. The van der Waals surface area contributed by atoms with Crippen LogP contribution in [0.5, 0.6) is 0 Å². The van der Waals surface area contributed by atoms with E-state index in [1.165, 1.54) is 12.1 Å². The van der Waals surface area contributed by atoms with Crippen LogP contribution in [-0.4, -0.2) is 57.1 Å². The largest absolute Gasteiger partial charge is 0.368 e. The first-order valence-electron chi connectivity index (χ1n) is 10.6. The number of anilines is 1. The van der Waals surface area contributed by atoms with Crippen molar-refractivity contribution in [1.82, 2.24) is 24.9 Å². The second-order valence-electron chi connectivity index (χ2n) is 7.99. The smallest absolute Gasteiger partial charge is 0.314 e. The van der Waals surface area contributed by atoms with Crippen molar-refractivity contribution in [2.75, 3.05) is 31.1 Å². The molecule has 0 aliphatic carbocycles. The third-order valence-electron chi connectivity index (χ3n) is 5.94. The maximum atomic E-state index is 14.5. The number of amides is 2. The number of H-pyrrole nitrogens is 1. The number of benzene rings is 2. The van der Waals surface area contributed by atoms with Gasteiger partial charge in [0.25, 0.3) is 5.56 Å². The molecule has 168 valence electrons. The fourth-order valence-electron chi connectivity index (χ4n) is 4.15. The van der Waals surface area contributed by atoms with Crippen LogP contribution in [0.4, 0.5) is 14.9 Å². The lowest BCUT2D eigenvalue weighted by molar-refractivity contribution is 0.204. The predicted molar refractivity (Wildman–Crippen MR) is 123 cm³/mol. The number of aryl methyl sites for hydroxylation is 1. The van der Waals surface area contributed by atoms with E-state index in [-0.39, 0.29) is 5.69 Å². The van der Waals surface area contributed by atoms with E-state index in [1.54, 1.807) is 24.0 Å². The summed E-state index contributed by atoms with van der Waals surface area (Å²) in [5.74, 6) is -0.519. The molecule has 1 fully saturated rings. The number of aromatic amines is 1. The normalized spacial score (nSPS) is 14.1. The summed E-state index contributed by atoms with van der Waals surface area (Å²) >= 11 is 0. The lowest BCUT2D eigenvalue weighted by Gasteiger charge is -2.35. The molecular weight excluding hydrogens is 425 g/mol. The summed E-state index contributed by atoms with van der Waals surface area (Å²) in [6.45, 7) is 4.29. The van der Waals surface area contributed by atoms with Crippen molar-refractivity contribution in [3.63, 3.8) is 0 Å². The summed E-state index contributed by atoms with van der Waals surface area (Å²) in [7, 11) is 0. The number of halogens is 1. The van der Waals surface area contributed by atoms with Crippen LogP contribution >= 0.6 is 0 Å². The van der Waals surface area contributed by atoms with E-state index in [2.05, 4.69) is 20.2 Å². The van der Waals surface area contributed by atoms with Gasteiger partial charge in [-0.25, -0.2) is 9.18 Å². The van der Waals surface area contributed by atoms with E-state index < -0.39 is 17.4 Å². The third-order valence-corrected chi connectivity index (χ3v) is 5.94. The number of hydrogen-bond donors (Lipinski definition) is 2. The van der Waals surface area contributed by atoms with Gasteiger partial charge in [-0.2, -0.15) is 14.9 Å². The van der Waals surface area contributed by atoms with E-state index in [1.807, 2.05) is 24.3 Å².